The molecule has 2 aromatic carbocycles. The zero-order valence-electron chi connectivity index (χ0n) is 14.9. The summed E-state index contributed by atoms with van der Waals surface area (Å²) in [7, 11) is 2.08. The van der Waals surface area contributed by atoms with Crippen molar-refractivity contribution in [1.82, 2.24) is 15.0 Å². The first-order chi connectivity index (χ1) is 12.8. The standard InChI is InChI=1S/C21H23N3O2/c1-24(18-12-13-25-15-18)14-19-22-21(23-26-19)20(16-8-4-2-5-9-16)17-10-6-3-7-11-17/h2-11,18,20H,12-15H2,1H3. The van der Waals surface area contributed by atoms with Crippen LogP contribution in [0, 0.1) is 0 Å². The molecule has 1 fully saturated rings. The molecule has 0 saturated carbocycles. The molecule has 0 amide bonds. The Hall–Kier alpha value is -2.50. The number of aromatic nitrogens is 2. The minimum absolute atomic E-state index is 0.0324. The zero-order valence-corrected chi connectivity index (χ0v) is 14.9. The van der Waals surface area contributed by atoms with Crippen LogP contribution >= 0.6 is 0 Å². The molecule has 1 aromatic heterocycles. The van der Waals surface area contributed by atoms with Crippen LogP contribution in [0.4, 0.5) is 0 Å². The Bertz CT molecular complexity index is 774. The molecule has 4 rings (SSSR count). The van der Waals surface area contributed by atoms with Crippen molar-refractivity contribution < 1.29 is 9.26 Å². The molecule has 1 unspecified atom stereocenters. The summed E-state index contributed by atoms with van der Waals surface area (Å²) in [5, 5.41) is 4.30. The monoisotopic (exact) mass is 349 g/mol. The molecule has 1 atom stereocenters. The highest BCUT2D eigenvalue weighted by Crippen LogP contribution is 2.30. The van der Waals surface area contributed by atoms with Crippen LogP contribution in [0.15, 0.2) is 65.2 Å². The van der Waals surface area contributed by atoms with E-state index in [9.17, 15) is 0 Å². The van der Waals surface area contributed by atoms with E-state index in [1.54, 1.807) is 0 Å². The van der Waals surface area contributed by atoms with Crippen molar-refractivity contribution >= 4 is 0 Å². The average Bonchev–Trinajstić information content (AvgIpc) is 3.36. The van der Waals surface area contributed by atoms with Gasteiger partial charge in [0.25, 0.3) is 0 Å². The lowest BCUT2D eigenvalue weighted by molar-refractivity contribution is 0.148. The van der Waals surface area contributed by atoms with Gasteiger partial charge < -0.3 is 9.26 Å². The molecule has 2 heterocycles. The number of benzene rings is 2. The normalized spacial score (nSPS) is 17.3. The van der Waals surface area contributed by atoms with Gasteiger partial charge in [0.05, 0.1) is 19.1 Å². The number of ether oxygens (including phenoxy) is 1. The fourth-order valence-electron chi connectivity index (χ4n) is 3.44. The smallest absolute Gasteiger partial charge is 0.240 e. The van der Waals surface area contributed by atoms with Crippen LogP contribution in [0.3, 0.4) is 0 Å². The largest absolute Gasteiger partial charge is 0.380 e. The van der Waals surface area contributed by atoms with Crippen LogP contribution in [-0.4, -0.2) is 41.3 Å². The molecule has 0 aliphatic carbocycles. The Labute approximate surface area is 153 Å². The maximum absolute atomic E-state index is 5.58. The Morgan fingerprint density at radius 1 is 1.04 bits per heavy atom. The summed E-state index contributed by atoms with van der Waals surface area (Å²) in [6, 6.07) is 21.1. The predicted molar refractivity (Wildman–Crippen MR) is 98.8 cm³/mol. The van der Waals surface area contributed by atoms with Gasteiger partial charge in [-0.2, -0.15) is 4.98 Å². The second kappa shape index (κ2) is 7.81. The molecule has 3 aromatic rings. The minimum atomic E-state index is -0.0324. The molecule has 26 heavy (non-hydrogen) atoms. The van der Waals surface area contributed by atoms with Crippen LogP contribution < -0.4 is 0 Å². The SMILES string of the molecule is CN(Cc1nc(C(c2ccccc2)c2ccccc2)no1)C1CCOC1. The number of hydrogen-bond acceptors (Lipinski definition) is 5. The van der Waals surface area contributed by atoms with Gasteiger partial charge in [-0.05, 0) is 24.6 Å². The number of hydrogen-bond donors (Lipinski definition) is 0. The average molecular weight is 349 g/mol. The lowest BCUT2D eigenvalue weighted by atomic mass is 9.91. The van der Waals surface area contributed by atoms with E-state index in [4.69, 9.17) is 14.2 Å². The summed E-state index contributed by atoms with van der Waals surface area (Å²) in [5.41, 5.74) is 2.31. The first-order valence-corrected chi connectivity index (χ1v) is 9.01. The van der Waals surface area contributed by atoms with E-state index in [2.05, 4.69) is 41.4 Å². The lowest BCUT2D eigenvalue weighted by Crippen LogP contribution is -2.31. The highest BCUT2D eigenvalue weighted by Gasteiger charge is 2.25. The molecular weight excluding hydrogens is 326 g/mol. The van der Waals surface area contributed by atoms with Gasteiger partial charge in [-0.1, -0.05) is 65.8 Å². The van der Waals surface area contributed by atoms with Gasteiger partial charge in [0.2, 0.25) is 5.89 Å². The first kappa shape index (κ1) is 16.9. The maximum atomic E-state index is 5.58. The summed E-state index contributed by atoms with van der Waals surface area (Å²) >= 11 is 0. The molecular formula is C21H23N3O2. The van der Waals surface area contributed by atoms with Gasteiger partial charge in [-0.3, -0.25) is 4.90 Å². The van der Waals surface area contributed by atoms with Crippen molar-refractivity contribution in [3.05, 3.63) is 83.5 Å². The molecule has 0 N–H and O–H groups in total. The van der Waals surface area contributed by atoms with E-state index in [0.717, 1.165) is 30.8 Å². The van der Waals surface area contributed by atoms with Gasteiger partial charge >= 0.3 is 0 Å². The third-order valence-electron chi connectivity index (χ3n) is 4.92. The van der Waals surface area contributed by atoms with E-state index < -0.39 is 0 Å². The molecule has 5 heteroatoms. The fourth-order valence-corrected chi connectivity index (χ4v) is 3.44. The third-order valence-corrected chi connectivity index (χ3v) is 4.92. The quantitative estimate of drug-likeness (QED) is 0.682. The van der Waals surface area contributed by atoms with Gasteiger partial charge in [0, 0.05) is 12.6 Å². The fraction of sp³-hybridized carbons (Fsp3) is 0.333. The highest BCUT2D eigenvalue weighted by molar-refractivity contribution is 5.37. The molecule has 134 valence electrons. The predicted octanol–water partition coefficient (Wildman–Crippen LogP) is 3.47. The number of rotatable bonds is 6. The van der Waals surface area contributed by atoms with E-state index >= 15 is 0 Å². The summed E-state index contributed by atoms with van der Waals surface area (Å²) in [4.78, 5) is 6.94. The van der Waals surface area contributed by atoms with E-state index in [1.807, 2.05) is 36.4 Å². The summed E-state index contributed by atoms with van der Waals surface area (Å²) in [5.74, 6) is 1.31. The van der Waals surface area contributed by atoms with E-state index in [1.165, 1.54) is 0 Å². The van der Waals surface area contributed by atoms with Crippen molar-refractivity contribution in [3.63, 3.8) is 0 Å². The van der Waals surface area contributed by atoms with Crippen LogP contribution in [0.25, 0.3) is 0 Å². The second-order valence-corrected chi connectivity index (χ2v) is 6.73. The molecule has 0 bridgehead atoms. The zero-order chi connectivity index (χ0) is 17.8. The van der Waals surface area contributed by atoms with Crippen molar-refractivity contribution in [3.8, 4) is 0 Å². The second-order valence-electron chi connectivity index (χ2n) is 6.73. The van der Waals surface area contributed by atoms with Crippen molar-refractivity contribution in [1.29, 1.82) is 0 Å². The van der Waals surface area contributed by atoms with Crippen LogP contribution in [-0.2, 0) is 11.3 Å². The van der Waals surface area contributed by atoms with Crippen molar-refractivity contribution in [2.45, 2.75) is 24.9 Å². The summed E-state index contributed by atoms with van der Waals surface area (Å²) in [6.45, 7) is 2.24. The van der Waals surface area contributed by atoms with Crippen LogP contribution in [0.2, 0.25) is 0 Å². The Kier molecular flexibility index (Phi) is 5.09. The lowest BCUT2D eigenvalue weighted by Gasteiger charge is -2.20. The van der Waals surface area contributed by atoms with Crippen molar-refractivity contribution in [2.75, 3.05) is 20.3 Å². The van der Waals surface area contributed by atoms with E-state index in [0.29, 0.717) is 24.3 Å². The van der Waals surface area contributed by atoms with Gasteiger partial charge in [-0.25, -0.2) is 0 Å². The molecule has 1 aliphatic heterocycles. The van der Waals surface area contributed by atoms with Gasteiger partial charge in [0.1, 0.15) is 0 Å². The number of likely N-dealkylation sites (N-methyl/N-ethyl adjacent to an activating group) is 1. The molecule has 0 radical (unpaired) electrons. The molecule has 1 aliphatic rings. The molecule has 5 nitrogen and oxygen atoms in total. The maximum Gasteiger partial charge on any atom is 0.240 e. The summed E-state index contributed by atoms with van der Waals surface area (Å²) in [6.07, 6.45) is 1.05. The first-order valence-electron chi connectivity index (χ1n) is 9.01. The topological polar surface area (TPSA) is 51.4 Å². The van der Waals surface area contributed by atoms with Gasteiger partial charge in [0.15, 0.2) is 5.82 Å². The Morgan fingerprint density at radius 2 is 1.69 bits per heavy atom. The molecule has 0 spiro atoms. The van der Waals surface area contributed by atoms with Gasteiger partial charge in [-0.15, -0.1) is 0 Å². The number of nitrogens with zero attached hydrogens (tertiary/aromatic N) is 3. The Balaban J connectivity index is 1.60. The van der Waals surface area contributed by atoms with Crippen molar-refractivity contribution in [2.24, 2.45) is 0 Å². The van der Waals surface area contributed by atoms with Crippen LogP contribution in [0.5, 0.6) is 0 Å². The highest BCUT2D eigenvalue weighted by atomic mass is 16.5. The Morgan fingerprint density at radius 3 is 2.27 bits per heavy atom. The minimum Gasteiger partial charge on any atom is -0.380 e. The van der Waals surface area contributed by atoms with Crippen LogP contribution in [0.1, 0.15) is 35.2 Å². The molecule has 1 saturated heterocycles. The van der Waals surface area contributed by atoms with E-state index in [-0.39, 0.29) is 5.92 Å². The summed E-state index contributed by atoms with van der Waals surface area (Å²) < 4.78 is 11.0. The third kappa shape index (κ3) is 3.69.